The third-order valence-electron chi connectivity index (χ3n) is 2.82. The second-order valence-electron chi connectivity index (χ2n) is 4.40. The number of nitrogens with zero attached hydrogens (tertiary/aromatic N) is 2. The second kappa shape index (κ2) is 6.81. The summed E-state index contributed by atoms with van der Waals surface area (Å²) in [5.41, 5.74) is 1.33. The normalized spacial score (nSPS) is 10.5. The van der Waals surface area contributed by atoms with Gasteiger partial charge in [0.05, 0.1) is 18.4 Å². The number of likely N-dealkylation sites (N-methyl/N-ethyl adjacent to an activating group) is 1. The van der Waals surface area contributed by atoms with E-state index < -0.39 is 0 Å². The molecule has 0 aliphatic heterocycles. The molecule has 0 fully saturated rings. The summed E-state index contributed by atoms with van der Waals surface area (Å²) in [4.78, 5) is 11.9. The zero-order chi connectivity index (χ0) is 14.4. The highest BCUT2D eigenvalue weighted by atomic mass is 19.1. The Labute approximate surface area is 116 Å². The molecule has 0 saturated heterocycles. The number of aromatic nitrogens is 2. The maximum Gasteiger partial charge on any atom is 0.269 e. The van der Waals surface area contributed by atoms with Gasteiger partial charge >= 0.3 is 0 Å². The zero-order valence-corrected chi connectivity index (χ0v) is 11.3. The van der Waals surface area contributed by atoms with E-state index in [0.717, 1.165) is 18.7 Å². The predicted molar refractivity (Wildman–Crippen MR) is 76.4 cm³/mol. The molecule has 6 heteroatoms. The Morgan fingerprint density at radius 1 is 1.25 bits per heavy atom. The van der Waals surface area contributed by atoms with Crippen LogP contribution < -0.4 is 16.2 Å². The molecule has 0 saturated carbocycles. The van der Waals surface area contributed by atoms with E-state index in [9.17, 15) is 9.18 Å². The van der Waals surface area contributed by atoms with Crippen LogP contribution in [0.15, 0.2) is 41.3 Å². The van der Waals surface area contributed by atoms with E-state index >= 15 is 0 Å². The average Bonchev–Trinajstić information content (AvgIpc) is 2.44. The van der Waals surface area contributed by atoms with Gasteiger partial charge in [-0.15, -0.1) is 0 Å². The van der Waals surface area contributed by atoms with Gasteiger partial charge in [-0.3, -0.25) is 4.79 Å². The molecule has 0 atom stereocenters. The molecule has 0 amide bonds. The fourth-order valence-electron chi connectivity index (χ4n) is 1.74. The van der Waals surface area contributed by atoms with E-state index in [1.165, 1.54) is 22.9 Å². The largest absolute Gasteiger partial charge is 0.382 e. The van der Waals surface area contributed by atoms with E-state index in [1.54, 1.807) is 18.3 Å². The molecule has 1 aromatic heterocycles. The highest BCUT2D eigenvalue weighted by molar-refractivity contribution is 5.38. The summed E-state index contributed by atoms with van der Waals surface area (Å²) in [7, 11) is 1.86. The molecule has 0 radical (unpaired) electrons. The lowest BCUT2D eigenvalue weighted by Crippen LogP contribution is -2.24. The van der Waals surface area contributed by atoms with Crippen molar-refractivity contribution in [3.05, 3.63) is 58.3 Å². The minimum atomic E-state index is -0.293. The van der Waals surface area contributed by atoms with Crippen molar-refractivity contribution in [1.82, 2.24) is 15.1 Å². The van der Waals surface area contributed by atoms with Gasteiger partial charge in [0.1, 0.15) is 5.82 Å². The Balaban J connectivity index is 2.06. The summed E-state index contributed by atoms with van der Waals surface area (Å²) in [6.45, 7) is 1.86. The van der Waals surface area contributed by atoms with Crippen molar-refractivity contribution in [2.24, 2.45) is 0 Å². The molecule has 2 rings (SSSR count). The smallest absolute Gasteiger partial charge is 0.269 e. The summed E-state index contributed by atoms with van der Waals surface area (Å²) in [6, 6.07) is 7.53. The number of benzene rings is 1. The van der Waals surface area contributed by atoms with Gasteiger partial charge in [0.2, 0.25) is 0 Å². The van der Waals surface area contributed by atoms with Gasteiger partial charge in [0.15, 0.2) is 0 Å². The maximum atomic E-state index is 12.8. The average molecular weight is 276 g/mol. The highest BCUT2D eigenvalue weighted by Gasteiger charge is 2.01. The van der Waals surface area contributed by atoms with E-state index in [2.05, 4.69) is 15.7 Å². The molecule has 0 unspecified atom stereocenters. The molecule has 0 spiro atoms. The number of hydrogen-bond donors (Lipinski definition) is 2. The van der Waals surface area contributed by atoms with Gasteiger partial charge in [-0.2, -0.15) is 5.10 Å². The lowest BCUT2D eigenvalue weighted by atomic mass is 10.2. The van der Waals surface area contributed by atoms with Gasteiger partial charge in [0, 0.05) is 19.2 Å². The van der Waals surface area contributed by atoms with Crippen LogP contribution in [0.25, 0.3) is 0 Å². The number of rotatable bonds is 6. The summed E-state index contributed by atoms with van der Waals surface area (Å²) in [6.07, 6.45) is 1.61. The van der Waals surface area contributed by atoms with E-state index in [4.69, 9.17) is 0 Å². The first-order valence-electron chi connectivity index (χ1n) is 6.39. The molecule has 0 aliphatic carbocycles. The standard InChI is InChI=1S/C14H17FN4O/c1-16-6-7-17-13-8-14(20)19(18-9-13)10-11-2-4-12(15)5-3-11/h2-5,8-9,16-17H,6-7,10H2,1H3. The Bertz CT molecular complexity index is 609. The molecule has 1 aromatic carbocycles. The van der Waals surface area contributed by atoms with Crippen molar-refractivity contribution in [3.8, 4) is 0 Å². The van der Waals surface area contributed by atoms with Crippen LogP contribution in [0.5, 0.6) is 0 Å². The third kappa shape index (κ3) is 3.89. The lowest BCUT2D eigenvalue weighted by molar-refractivity contribution is 0.619. The summed E-state index contributed by atoms with van der Waals surface area (Å²) in [5, 5.41) is 10.2. The summed E-state index contributed by atoms with van der Waals surface area (Å²) >= 11 is 0. The lowest BCUT2D eigenvalue weighted by Gasteiger charge is -2.08. The molecular formula is C14H17FN4O. The van der Waals surface area contributed by atoms with Crippen molar-refractivity contribution in [3.63, 3.8) is 0 Å². The highest BCUT2D eigenvalue weighted by Crippen LogP contribution is 2.04. The van der Waals surface area contributed by atoms with Gasteiger partial charge in [0.25, 0.3) is 5.56 Å². The van der Waals surface area contributed by atoms with Crippen molar-refractivity contribution in [1.29, 1.82) is 0 Å². The van der Waals surface area contributed by atoms with Gasteiger partial charge in [-0.25, -0.2) is 9.07 Å². The minimum absolute atomic E-state index is 0.191. The maximum absolute atomic E-state index is 12.8. The molecule has 0 bridgehead atoms. The van der Waals surface area contributed by atoms with Crippen LogP contribution >= 0.6 is 0 Å². The SMILES string of the molecule is CNCCNc1cnn(Cc2ccc(F)cc2)c(=O)c1. The molecule has 106 valence electrons. The van der Waals surface area contributed by atoms with Crippen LogP contribution in [0.2, 0.25) is 0 Å². The topological polar surface area (TPSA) is 59.0 Å². The van der Waals surface area contributed by atoms with E-state index in [1.807, 2.05) is 7.05 Å². The number of hydrogen-bond acceptors (Lipinski definition) is 4. The van der Waals surface area contributed by atoms with Crippen molar-refractivity contribution >= 4 is 5.69 Å². The van der Waals surface area contributed by atoms with Crippen LogP contribution in [-0.4, -0.2) is 29.9 Å². The Kier molecular flexibility index (Phi) is 4.84. The third-order valence-corrected chi connectivity index (χ3v) is 2.82. The molecule has 5 nitrogen and oxygen atoms in total. The van der Waals surface area contributed by atoms with Crippen LogP contribution in [0.3, 0.4) is 0 Å². The van der Waals surface area contributed by atoms with E-state index in [0.29, 0.717) is 12.2 Å². The van der Waals surface area contributed by atoms with Crippen molar-refractivity contribution < 1.29 is 4.39 Å². The predicted octanol–water partition coefficient (Wildman–Crippen LogP) is 1.06. The minimum Gasteiger partial charge on any atom is -0.382 e. The monoisotopic (exact) mass is 276 g/mol. The van der Waals surface area contributed by atoms with Crippen LogP contribution in [0.1, 0.15) is 5.56 Å². The molecular weight excluding hydrogens is 259 g/mol. The van der Waals surface area contributed by atoms with Gasteiger partial charge < -0.3 is 10.6 Å². The molecule has 20 heavy (non-hydrogen) atoms. The first kappa shape index (κ1) is 14.2. The van der Waals surface area contributed by atoms with Crippen molar-refractivity contribution in [2.45, 2.75) is 6.54 Å². The Hall–Kier alpha value is -2.21. The van der Waals surface area contributed by atoms with Gasteiger partial charge in [-0.05, 0) is 24.7 Å². The number of anilines is 1. The van der Waals surface area contributed by atoms with Crippen LogP contribution in [0, 0.1) is 5.82 Å². The molecule has 2 aromatic rings. The van der Waals surface area contributed by atoms with Crippen molar-refractivity contribution in [2.75, 3.05) is 25.5 Å². The van der Waals surface area contributed by atoms with Crippen LogP contribution in [0.4, 0.5) is 10.1 Å². The number of nitrogens with one attached hydrogen (secondary N) is 2. The second-order valence-corrected chi connectivity index (χ2v) is 4.40. The number of halogens is 1. The molecule has 0 aliphatic rings. The molecule has 2 N–H and O–H groups in total. The van der Waals surface area contributed by atoms with Gasteiger partial charge in [-0.1, -0.05) is 12.1 Å². The van der Waals surface area contributed by atoms with Crippen LogP contribution in [-0.2, 0) is 6.54 Å². The fourth-order valence-corrected chi connectivity index (χ4v) is 1.74. The Morgan fingerprint density at radius 3 is 2.65 bits per heavy atom. The quantitative estimate of drug-likeness (QED) is 0.775. The first-order chi connectivity index (χ1) is 9.69. The first-order valence-corrected chi connectivity index (χ1v) is 6.39. The van der Waals surface area contributed by atoms with E-state index in [-0.39, 0.29) is 11.4 Å². The molecule has 1 heterocycles. The summed E-state index contributed by atoms with van der Waals surface area (Å²) in [5.74, 6) is -0.293. The fraction of sp³-hybridized carbons (Fsp3) is 0.286. The Morgan fingerprint density at radius 2 is 2.00 bits per heavy atom. The zero-order valence-electron chi connectivity index (χ0n) is 11.3. The summed E-state index contributed by atoms with van der Waals surface area (Å²) < 4.78 is 14.2.